The second-order valence-corrected chi connectivity index (χ2v) is 4.53. The summed E-state index contributed by atoms with van der Waals surface area (Å²) < 4.78 is 14.2. The Balaban J connectivity index is 2.58. The quantitative estimate of drug-likeness (QED) is 0.741. The lowest BCUT2D eigenvalue weighted by Crippen LogP contribution is -1.87. The maximum absolute atomic E-state index is 13.5. The molecule has 2 rings (SSSR count). The Bertz CT molecular complexity index is 622. The number of aromatic nitrogens is 1. The molecule has 1 aromatic heterocycles. The minimum Gasteiger partial charge on any atom is -0.243 e. The highest BCUT2D eigenvalue weighted by Gasteiger charge is 2.08. The van der Waals surface area contributed by atoms with E-state index in [0.29, 0.717) is 15.2 Å². The first-order chi connectivity index (χ1) is 8.11. The average Bonchev–Trinajstić information content (AvgIpc) is 2.32. The van der Waals surface area contributed by atoms with Crippen LogP contribution >= 0.6 is 27.5 Å². The summed E-state index contributed by atoms with van der Waals surface area (Å²) in [5, 5.41) is 8.98. The summed E-state index contributed by atoms with van der Waals surface area (Å²) in [6.07, 6.45) is 1.55. The fourth-order valence-corrected chi connectivity index (χ4v) is 2.01. The Labute approximate surface area is 111 Å². The molecule has 5 heteroatoms. The van der Waals surface area contributed by atoms with Gasteiger partial charge in [0, 0.05) is 16.2 Å². The lowest BCUT2D eigenvalue weighted by atomic mass is 10.1. The normalized spacial score (nSPS) is 10.0. The molecule has 17 heavy (non-hydrogen) atoms. The summed E-state index contributed by atoms with van der Waals surface area (Å²) >= 11 is 9.11. The Hall–Kier alpha value is -1.44. The molecule has 1 heterocycles. The molecule has 0 atom stereocenters. The van der Waals surface area contributed by atoms with Crippen LogP contribution < -0.4 is 0 Å². The van der Waals surface area contributed by atoms with Crippen molar-refractivity contribution < 1.29 is 4.39 Å². The van der Waals surface area contributed by atoms with Crippen LogP contribution in [0, 0.1) is 17.1 Å². The highest BCUT2D eigenvalue weighted by molar-refractivity contribution is 9.10. The second kappa shape index (κ2) is 4.82. The van der Waals surface area contributed by atoms with Gasteiger partial charge in [-0.1, -0.05) is 17.7 Å². The highest BCUT2D eigenvalue weighted by Crippen LogP contribution is 2.30. The van der Waals surface area contributed by atoms with Crippen molar-refractivity contribution in [3.63, 3.8) is 0 Å². The fraction of sp³-hybridized carbons (Fsp3) is 0. The molecule has 0 aliphatic heterocycles. The number of halogens is 3. The molecule has 2 nitrogen and oxygen atoms in total. The van der Waals surface area contributed by atoms with Gasteiger partial charge in [0.05, 0.1) is 5.56 Å². The van der Waals surface area contributed by atoms with Crippen molar-refractivity contribution in [2.45, 2.75) is 0 Å². The predicted octanol–water partition coefficient (Wildman–Crippen LogP) is 4.18. The molecule has 2 aromatic rings. The predicted molar refractivity (Wildman–Crippen MR) is 67.1 cm³/mol. The Kier molecular flexibility index (Phi) is 3.41. The average molecular weight is 312 g/mol. The van der Waals surface area contributed by atoms with Crippen molar-refractivity contribution in [1.82, 2.24) is 4.98 Å². The Morgan fingerprint density at radius 1 is 1.35 bits per heavy atom. The topological polar surface area (TPSA) is 36.7 Å². The first-order valence-electron chi connectivity index (χ1n) is 4.63. The number of nitrogens with zero attached hydrogens (tertiary/aromatic N) is 2. The molecular weight excluding hydrogens is 307 g/mol. The molecule has 0 fully saturated rings. The van der Waals surface area contributed by atoms with Crippen LogP contribution in [0.25, 0.3) is 11.1 Å². The fourth-order valence-electron chi connectivity index (χ4n) is 1.41. The third kappa shape index (κ3) is 2.46. The van der Waals surface area contributed by atoms with Crippen LogP contribution in [0.5, 0.6) is 0 Å². The Morgan fingerprint density at radius 3 is 2.76 bits per heavy atom. The molecule has 0 N–H and O–H groups in total. The number of hydrogen-bond donors (Lipinski definition) is 0. The number of hydrogen-bond acceptors (Lipinski definition) is 2. The third-order valence-corrected chi connectivity index (χ3v) is 3.06. The van der Waals surface area contributed by atoms with E-state index in [1.165, 1.54) is 12.1 Å². The number of benzene rings is 1. The van der Waals surface area contributed by atoms with E-state index >= 15 is 0 Å². The molecular formula is C12H5BrClFN2. The number of rotatable bonds is 1. The van der Waals surface area contributed by atoms with Crippen molar-refractivity contribution in [1.29, 1.82) is 5.26 Å². The minimum atomic E-state index is -0.551. The monoisotopic (exact) mass is 310 g/mol. The molecule has 0 saturated heterocycles. The van der Waals surface area contributed by atoms with E-state index in [1.807, 2.05) is 0 Å². The molecule has 0 amide bonds. The molecule has 0 aliphatic carbocycles. The number of nitriles is 1. The van der Waals surface area contributed by atoms with Crippen molar-refractivity contribution in [3.05, 3.63) is 51.5 Å². The first kappa shape index (κ1) is 12.0. The van der Waals surface area contributed by atoms with E-state index in [0.717, 1.165) is 5.56 Å². The van der Waals surface area contributed by atoms with Crippen LogP contribution in [0.1, 0.15) is 5.56 Å². The van der Waals surface area contributed by atoms with Gasteiger partial charge in [-0.2, -0.15) is 5.26 Å². The molecule has 0 spiro atoms. The summed E-state index contributed by atoms with van der Waals surface area (Å²) in [5.41, 5.74) is 1.39. The van der Waals surface area contributed by atoms with Gasteiger partial charge in [0.2, 0.25) is 0 Å². The molecule has 0 saturated carbocycles. The lowest BCUT2D eigenvalue weighted by molar-refractivity contribution is 0.624. The SMILES string of the molecule is N#Cc1ccc(-c2cc(Cl)ncc2Br)cc1F. The molecule has 84 valence electrons. The minimum absolute atomic E-state index is 0.0185. The van der Waals surface area contributed by atoms with E-state index in [9.17, 15) is 4.39 Å². The standard InChI is InChI=1S/C12H5BrClFN2/c13-10-6-17-12(14)4-9(10)7-1-2-8(5-16)11(15)3-7/h1-4,6H. The van der Waals surface area contributed by atoms with Gasteiger partial charge >= 0.3 is 0 Å². The van der Waals surface area contributed by atoms with E-state index in [-0.39, 0.29) is 5.56 Å². The third-order valence-electron chi connectivity index (χ3n) is 2.22. The zero-order valence-electron chi connectivity index (χ0n) is 8.42. The molecule has 0 unspecified atom stereocenters. The van der Waals surface area contributed by atoms with Crippen molar-refractivity contribution >= 4 is 27.5 Å². The summed E-state index contributed by atoms with van der Waals surface area (Å²) in [6.45, 7) is 0. The zero-order chi connectivity index (χ0) is 12.4. The first-order valence-corrected chi connectivity index (χ1v) is 5.80. The lowest BCUT2D eigenvalue weighted by Gasteiger charge is -2.05. The van der Waals surface area contributed by atoms with E-state index in [2.05, 4.69) is 20.9 Å². The van der Waals surface area contributed by atoms with Crippen LogP contribution in [0.4, 0.5) is 4.39 Å². The van der Waals surface area contributed by atoms with Crippen LogP contribution in [0.15, 0.2) is 34.9 Å². The van der Waals surface area contributed by atoms with Gasteiger partial charge in [0.15, 0.2) is 0 Å². The molecule has 0 radical (unpaired) electrons. The zero-order valence-corrected chi connectivity index (χ0v) is 10.8. The smallest absolute Gasteiger partial charge is 0.141 e. The van der Waals surface area contributed by atoms with E-state index in [1.54, 1.807) is 24.4 Å². The van der Waals surface area contributed by atoms with E-state index < -0.39 is 5.82 Å². The van der Waals surface area contributed by atoms with Crippen LogP contribution in [-0.4, -0.2) is 4.98 Å². The summed E-state index contributed by atoms with van der Waals surface area (Å²) in [4.78, 5) is 3.89. The van der Waals surface area contributed by atoms with Gasteiger partial charge in [0.25, 0.3) is 0 Å². The van der Waals surface area contributed by atoms with Crippen LogP contribution in [0.3, 0.4) is 0 Å². The van der Waals surface area contributed by atoms with Gasteiger partial charge in [-0.15, -0.1) is 0 Å². The van der Waals surface area contributed by atoms with Crippen LogP contribution in [-0.2, 0) is 0 Å². The van der Waals surface area contributed by atoms with Crippen molar-refractivity contribution in [2.75, 3.05) is 0 Å². The maximum Gasteiger partial charge on any atom is 0.141 e. The molecule has 0 bridgehead atoms. The van der Waals surface area contributed by atoms with Crippen LogP contribution in [0.2, 0.25) is 5.15 Å². The second-order valence-electron chi connectivity index (χ2n) is 3.29. The summed E-state index contributed by atoms with van der Waals surface area (Å²) in [5.74, 6) is -0.551. The molecule has 0 aliphatic rings. The van der Waals surface area contributed by atoms with E-state index in [4.69, 9.17) is 16.9 Å². The number of pyridine rings is 1. The van der Waals surface area contributed by atoms with Gasteiger partial charge in [0.1, 0.15) is 17.0 Å². The van der Waals surface area contributed by atoms with Crippen molar-refractivity contribution in [2.24, 2.45) is 0 Å². The summed E-state index contributed by atoms with van der Waals surface area (Å²) in [7, 11) is 0. The Morgan fingerprint density at radius 2 is 2.12 bits per heavy atom. The van der Waals surface area contributed by atoms with Gasteiger partial charge < -0.3 is 0 Å². The van der Waals surface area contributed by atoms with Gasteiger partial charge in [-0.05, 0) is 39.7 Å². The van der Waals surface area contributed by atoms with Gasteiger partial charge in [-0.25, -0.2) is 9.37 Å². The summed E-state index contributed by atoms with van der Waals surface area (Å²) in [6, 6.07) is 7.81. The highest BCUT2D eigenvalue weighted by atomic mass is 79.9. The molecule has 1 aromatic carbocycles. The van der Waals surface area contributed by atoms with Gasteiger partial charge in [-0.3, -0.25) is 0 Å². The largest absolute Gasteiger partial charge is 0.243 e. The maximum atomic E-state index is 13.5. The van der Waals surface area contributed by atoms with Crippen molar-refractivity contribution in [3.8, 4) is 17.2 Å².